The predicted octanol–water partition coefficient (Wildman–Crippen LogP) is 8.55. The number of ether oxygens (including phenoxy) is 2. The molecule has 2 heterocycles. The topological polar surface area (TPSA) is 197 Å². The minimum Gasteiger partial charge on any atom is -0.493 e. The van der Waals surface area contributed by atoms with Crippen molar-refractivity contribution in [1.29, 1.82) is 5.26 Å². The molecule has 14 nitrogen and oxygen atoms in total. The lowest BCUT2D eigenvalue weighted by Crippen LogP contribution is -2.74. The number of benzene rings is 4. The Kier molecular flexibility index (Phi) is 15.7. The number of amides is 4. The van der Waals surface area contributed by atoms with Gasteiger partial charge in [-0.15, -0.1) is 11.3 Å². The maximum atomic E-state index is 14.0. The minimum absolute atomic E-state index is 0.200. The molecule has 1 aromatic heterocycles. The summed E-state index contributed by atoms with van der Waals surface area (Å²) in [5.41, 5.74) is 5.67. The van der Waals surface area contributed by atoms with Gasteiger partial charge in [-0.3, -0.25) is 19.2 Å². The van der Waals surface area contributed by atoms with Gasteiger partial charge in [0.05, 0.1) is 32.4 Å². The van der Waals surface area contributed by atoms with E-state index in [0.717, 1.165) is 32.8 Å². The molecule has 0 bridgehead atoms. The molecule has 5 aromatic rings. The molecule has 1 aliphatic heterocycles. The SMILES string of the molecule is Cc1ncsc1-c1ccc(CNC(=O)[C@@H]2CCCN2C(=O)C(NC(=O)CS(=O)(=O)CCOc2ccc(-c3ccc(C(=O)N[C@H]4C(C)(C)[C@H](Oc5ccc(C#N)c(Cl)c5)C4(C)C)cc3)cc2)C(C)(C)C)cc1. The Hall–Kier alpha value is -6.28. The van der Waals surface area contributed by atoms with Crippen LogP contribution in [0.1, 0.15) is 88.5 Å². The number of rotatable bonds is 17. The van der Waals surface area contributed by atoms with E-state index >= 15 is 0 Å². The molecule has 71 heavy (non-hydrogen) atoms. The fourth-order valence-electron chi connectivity index (χ4n) is 9.91. The number of thiazole rings is 1. The summed E-state index contributed by atoms with van der Waals surface area (Å²) in [5.74, 6) is -2.04. The second kappa shape index (κ2) is 21.2. The van der Waals surface area contributed by atoms with Gasteiger partial charge in [0.2, 0.25) is 17.7 Å². The Bertz CT molecular complexity index is 2910. The van der Waals surface area contributed by atoms with Gasteiger partial charge in [0.1, 0.15) is 48.1 Å². The number of likely N-dealkylation sites (tertiary alicyclic amines) is 1. The molecule has 374 valence electrons. The van der Waals surface area contributed by atoms with Crippen LogP contribution in [0.25, 0.3) is 21.6 Å². The summed E-state index contributed by atoms with van der Waals surface area (Å²) in [7, 11) is -3.94. The van der Waals surface area contributed by atoms with E-state index in [2.05, 4.69) is 27.0 Å². The molecular weight excluding hydrogens is 960 g/mol. The summed E-state index contributed by atoms with van der Waals surface area (Å²) in [6, 6.07) is 27.2. The third-order valence-electron chi connectivity index (χ3n) is 13.5. The molecule has 2 atom stereocenters. The van der Waals surface area contributed by atoms with Crippen molar-refractivity contribution in [2.24, 2.45) is 16.2 Å². The fourth-order valence-corrected chi connectivity index (χ4v) is 11.9. The normalized spacial score (nSPS) is 18.6. The Labute approximate surface area is 425 Å². The molecule has 4 amide bonds. The van der Waals surface area contributed by atoms with Crippen LogP contribution in [0.4, 0.5) is 0 Å². The third-order valence-corrected chi connectivity index (χ3v) is 16.2. The van der Waals surface area contributed by atoms with Gasteiger partial charge in [0, 0.05) is 41.6 Å². The van der Waals surface area contributed by atoms with E-state index in [-0.39, 0.29) is 37.1 Å². The lowest BCUT2D eigenvalue weighted by atomic mass is 9.49. The monoisotopic (exact) mass is 1020 g/mol. The average molecular weight is 1020 g/mol. The highest BCUT2D eigenvalue weighted by atomic mass is 35.5. The van der Waals surface area contributed by atoms with Crippen LogP contribution in [0, 0.1) is 34.5 Å². The molecular formula is C54H61ClN6O8S2. The summed E-state index contributed by atoms with van der Waals surface area (Å²) in [6.45, 7) is 15.9. The molecule has 2 aliphatic rings. The second-order valence-corrected chi connectivity index (χ2v) is 24.0. The van der Waals surface area contributed by atoms with Crippen molar-refractivity contribution >= 4 is 56.4 Å². The Morgan fingerprint density at radius 3 is 2.13 bits per heavy atom. The first-order valence-electron chi connectivity index (χ1n) is 23.6. The number of carbonyl (C=O) groups is 4. The largest absolute Gasteiger partial charge is 0.493 e. The lowest BCUT2D eigenvalue weighted by molar-refractivity contribution is -0.164. The van der Waals surface area contributed by atoms with Gasteiger partial charge in [-0.25, -0.2) is 13.4 Å². The molecule has 17 heteroatoms. The van der Waals surface area contributed by atoms with Crippen LogP contribution in [-0.2, 0) is 30.8 Å². The number of aromatic nitrogens is 1. The van der Waals surface area contributed by atoms with Crippen molar-refractivity contribution < 1.29 is 37.1 Å². The van der Waals surface area contributed by atoms with E-state index < -0.39 is 61.5 Å². The number of nitriles is 1. The van der Waals surface area contributed by atoms with Crippen molar-refractivity contribution in [3.8, 4) is 39.1 Å². The third kappa shape index (κ3) is 12.1. The summed E-state index contributed by atoms with van der Waals surface area (Å²) >= 11 is 7.81. The van der Waals surface area contributed by atoms with Crippen molar-refractivity contribution in [2.75, 3.05) is 24.7 Å². The lowest BCUT2D eigenvalue weighted by Gasteiger charge is -2.63. The van der Waals surface area contributed by atoms with Gasteiger partial charge in [-0.2, -0.15) is 5.26 Å². The van der Waals surface area contributed by atoms with Crippen LogP contribution in [0.2, 0.25) is 5.02 Å². The molecule has 7 rings (SSSR count). The molecule has 4 aromatic carbocycles. The molecule has 0 radical (unpaired) electrons. The number of halogens is 1. The zero-order valence-electron chi connectivity index (χ0n) is 41.3. The molecule has 1 saturated heterocycles. The van der Waals surface area contributed by atoms with E-state index in [1.807, 2.05) is 88.7 Å². The Balaban J connectivity index is 0.863. The first kappa shape index (κ1) is 52.5. The second-order valence-electron chi connectivity index (χ2n) is 20.6. The maximum absolute atomic E-state index is 14.0. The van der Waals surface area contributed by atoms with Crippen LogP contribution in [0.5, 0.6) is 11.5 Å². The van der Waals surface area contributed by atoms with Crippen molar-refractivity contribution in [1.82, 2.24) is 25.8 Å². The predicted molar refractivity (Wildman–Crippen MR) is 276 cm³/mol. The average Bonchev–Trinajstić information content (AvgIpc) is 4.00. The smallest absolute Gasteiger partial charge is 0.251 e. The van der Waals surface area contributed by atoms with E-state index in [9.17, 15) is 32.9 Å². The number of hydrogen-bond acceptors (Lipinski definition) is 11. The van der Waals surface area contributed by atoms with E-state index in [4.69, 9.17) is 21.1 Å². The van der Waals surface area contributed by atoms with Crippen molar-refractivity contribution in [3.63, 3.8) is 0 Å². The summed E-state index contributed by atoms with van der Waals surface area (Å²) < 4.78 is 38.4. The van der Waals surface area contributed by atoms with Crippen LogP contribution >= 0.6 is 22.9 Å². The zero-order valence-corrected chi connectivity index (χ0v) is 43.7. The molecule has 1 unspecified atom stereocenters. The maximum Gasteiger partial charge on any atom is 0.251 e. The molecule has 0 spiro atoms. The number of carbonyl (C=O) groups excluding carboxylic acids is 4. The van der Waals surface area contributed by atoms with Gasteiger partial charge >= 0.3 is 0 Å². The van der Waals surface area contributed by atoms with E-state index in [1.165, 1.54) is 4.90 Å². The van der Waals surface area contributed by atoms with Gasteiger partial charge in [-0.05, 0) is 83.8 Å². The van der Waals surface area contributed by atoms with Gasteiger partial charge < -0.3 is 30.3 Å². The van der Waals surface area contributed by atoms with Crippen LogP contribution in [0.15, 0.2) is 96.5 Å². The van der Waals surface area contributed by atoms with Crippen molar-refractivity contribution in [2.45, 2.75) is 99.0 Å². The number of nitrogens with zero attached hydrogens (tertiary/aromatic N) is 3. The molecule has 1 saturated carbocycles. The number of hydrogen-bond donors (Lipinski definition) is 3. The molecule has 2 fully saturated rings. The Morgan fingerprint density at radius 1 is 0.915 bits per heavy atom. The highest BCUT2D eigenvalue weighted by Crippen LogP contribution is 2.55. The summed E-state index contributed by atoms with van der Waals surface area (Å²) in [5, 5.41) is 18.4. The number of sulfone groups is 1. The summed E-state index contributed by atoms with van der Waals surface area (Å²) in [4.78, 5) is 61.1. The van der Waals surface area contributed by atoms with Gasteiger partial charge in [0.15, 0.2) is 9.84 Å². The quantitative estimate of drug-likeness (QED) is 0.0812. The Morgan fingerprint density at radius 2 is 1.54 bits per heavy atom. The van der Waals surface area contributed by atoms with Crippen LogP contribution in [-0.4, -0.2) is 90.8 Å². The first-order chi connectivity index (χ1) is 33.5. The first-order valence-corrected chi connectivity index (χ1v) is 26.6. The highest BCUT2D eigenvalue weighted by molar-refractivity contribution is 7.92. The van der Waals surface area contributed by atoms with E-state index in [0.29, 0.717) is 47.0 Å². The molecule has 1 aliphatic carbocycles. The summed E-state index contributed by atoms with van der Waals surface area (Å²) in [6.07, 6.45) is 0.841. The standard InChI is InChI=1S/C54H61ClN6O8S2/c1-33-45(70-32-58-33)37-13-11-34(12-14-37)30-57-48(64)43-10-9-25-61(43)49(65)46(52(2,3)4)59-44(62)31-71(66,67)27-26-68-40-22-19-36(20-23-40)35-15-17-38(18-16-35)47(63)60-50-53(5,6)51(54(50,7)8)69-41-24-21-39(29-56)42(55)28-41/h11-24,28,32,43,46,50-51H,9-10,25-27,30-31H2,1-8H3,(H,57,64)(H,59,62)(H,60,63)/t43-,46?,50-,51-/m0/s1. The zero-order chi connectivity index (χ0) is 51.5. The number of aryl methyl sites for hydroxylation is 1. The van der Waals surface area contributed by atoms with Crippen LogP contribution < -0.4 is 25.4 Å². The van der Waals surface area contributed by atoms with Gasteiger partial charge in [-0.1, -0.05) is 109 Å². The highest BCUT2D eigenvalue weighted by Gasteiger charge is 2.64. The fraction of sp³-hybridized carbons (Fsp3) is 0.407. The minimum atomic E-state index is -3.94. The molecule has 3 N–H and O–H groups in total. The van der Waals surface area contributed by atoms with Gasteiger partial charge in [0.25, 0.3) is 5.91 Å². The van der Waals surface area contributed by atoms with Crippen molar-refractivity contribution in [3.05, 3.63) is 124 Å². The van der Waals surface area contributed by atoms with Crippen LogP contribution in [0.3, 0.4) is 0 Å². The number of nitrogens with one attached hydrogen (secondary N) is 3. The van der Waals surface area contributed by atoms with E-state index in [1.54, 1.807) is 74.6 Å².